The van der Waals surface area contributed by atoms with E-state index in [1.807, 2.05) is 0 Å². The highest BCUT2D eigenvalue weighted by molar-refractivity contribution is 6.29. The van der Waals surface area contributed by atoms with E-state index in [9.17, 15) is 9.18 Å². The fourth-order valence-electron chi connectivity index (χ4n) is 2.12. The quantitative estimate of drug-likeness (QED) is 0.560. The third kappa shape index (κ3) is 1.67. The summed E-state index contributed by atoms with van der Waals surface area (Å²) in [6, 6.07) is 0. The molecule has 1 aromatic heterocycles. The number of nitrogens with zero attached hydrogens (tertiary/aromatic N) is 1. The van der Waals surface area contributed by atoms with E-state index in [-0.39, 0.29) is 17.0 Å². The smallest absolute Gasteiger partial charge is 0.309 e. The van der Waals surface area contributed by atoms with Gasteiger partial charge in [0.25, 0.3) is 0 Å². The minimum atomic E-state index is -0.506. The van der Waals surface area contributed by atoms with Gasteiger partial charge in [0, 0.05) is 5.69 Å². The number of ether oxygens (including phenoxy) is 1. The molecule has 1 heterocycles. The lowest BCUT2D eigenvalue weighted by Crippen LogP contribution is -2.16. The van der Waals surface area contributed by atoms with Crippen molar-refractivity contribution in [2.45, 2.75) is 19.8 Å². The van der Waals surface area contributed by atoms with Crippen LogP contribution in [0.25, 0.3) is 0 Å². The van der Waals surface area contributed by atoms with Crippen LogP contribution in [0, 0.1) is 18.7 Å². The molecule has 0 aromatic carbocycles. The lowest BCUT2D eigenvalue weighted by Gasteiger charge is -2.04. The Labute approximate surface area is 97.6 Å². The summed E-state index contributed by atoms with van der Waals surface area (Å²) in [5.41, 5.74) is 1.98. The van der Waals surface area contributed by atoms with Gasteiger partial charge in [0.1, 0.15) is 0 Å². The second kappa shape index (κ2) is 4.01. The van der Waals surface area contributed by atoms with Crippen molar-refractivity contribution in [2.75, 3.05) is 7.11 Å². The summed E-state index contributed by atoms with van der Waals surface area (Å²) in [5, 5.41) is -0.123. The van der Waals surface area contributed by atoms with Gasteiger partial charge in [-0.05, 0) is 30.9 Å². The van der Waals surface area contributed by atoms with E-state index in [0.29, 0.717) is 24.1 Å². The van der Waals surface area contributed by atoms with Crippen LogP contribution in [-0.2, 0) is 22.4 Å². The molecule has 2 rings (SSSR count). The maximum absolute atomic E-state index is 13.7. The van der Waals surface area contributed by atoms with Crippen molar-refractivity contribution in [3.63, 3.8) is 0 Å². The number of methoxy groups -OCH3 is 1. The van der Waals surface area contributed by atoms with E-state index in [2.05, 4.69) is 9.72 Å². The maximum atomic E-state index is 13.7. The standard InChI is InChI=1S/C11H11ClFNO2/c1-5-7-3-6(11(15)16-2)4-8(7)9(13)10(12)14-5/h6H,3-4H2,1-2H3. The zero-order chi connectivity index (χ0) is 11.9. The van der Waals surface area contributed by atoms with E-state index in [1.165, 1.54) is 7.11 Å². The molecule has 86 valence electrons. The molecule has 0 spiro atoms. The first-order valence-corrected chi connectivity index (χ1v) is 5.33. The summed E-state index contributed by atoms with van der Waals surface area (Å²) in [4.78, 5) is 15.3. The van der Waals surface area contributed by atoms with E-state index in [4.69, 9.17) is 11.6 Å². The lowest BCUT2D eigenvalue weighted by molar-refractivity contribution is -0.145. The molecule has 1 aliphatic carbocycles. The van der Waals surface area contributed by atoms with Crippen molar-refractivity contribution in [1.82, 2.24) is 4.98 Å². The Morgan fingerprint density at radius 2 is 2.12 bits per heavy atom. The SMILES string of the molecule is COC(=O)C1Cc2c(C)nc(Cl)c(F)c2C1. The van der Waals surface area contributed by atoms with Gasteiger partial charge in [0.05, 0.1) is 13.0 Å². The third-order valence-corrected chi connectivity index (χ3v) is 3.20. The molecule has 16 heavy (non-hydrogen) atoms. The zero-order valence-corrected chi connectivity index (χ0v) is 9.77. The maximum Gasteiger partial charge on any atom is 0.309 e. The number of carbonyl (C=O) groups is 1. The molecule has 1 aliphatic rings. The fraction of sp³-hybridized carbons (Fsp3) is 0.455. The summed E-state index contributed by atoms with van der Waals surface area (Å²) >= 11 is 5.66. The normalized spacial score (nSPS) is 18.4. The van der Waals surface area contributed by atoms with Crippen molar-refractivity contribution in [3.05, 3.63) is 27.8 Å². The minimum absolute atomic E-state index is 0.123. The summed E-state index contributed by atoms with van der Waals surface area (Å²) in [6.45, 7) is 1.77. The highest BCUT2D eigenvalue weighted by Crippen LogP contribution is 2.33. The van der Waals surface area contributed by atoms with Crippen LogP contribution in [0.2, 0.25) is 5.15 Å². The number of hydrogen-bond acceptors (Lipinski definition) is 3. The van der Waals surface area contributed by atoms with Gasteiger partial charge in [-0.2, -0.15) is 0 Å². The van der Waals surface area contributed by atoms with Gasteiger partial charge in [-0.25, -0.2) is 9.37 Å². The Hall–Kier alpha value is -1.16. The van der Waals surface area contributed by atoms with Crippen LogP contribution in [0.4, 0.5) is 4.39 Å². The topological polar surface area (TPSA) is 39.2 Å². The van der Waals surface area contributed by atoms with Crippen LogP contribution in [0.5, 0.6) is 0 Å². The predicted octanol–water partition coefficient (Wildman–Crippen LogP) is 2.07. The summed E-state index contributed by atoms with van der Waals surface area (Å²) in [6.07, 6.45) is 0.825. The van der Waals surface area contributed by atoms with Crippen molar-refractivity contribution < 1.29 is 13.9 Å². The number of halogens is 2. The average Bonchev–Trinajstić information content (AvgIpc) is 2.70. The number of aromatic nitrogens is 1. The second-order valence-corrected chi connectivity index (χ2v) is 4.25. The number of aryl methyl sites for hydroxylation is 1. The average molecular weight is 244 g/mol. The Balaban J connectivity index is 2.41. The second-order valence-electron chi connectivity index (χ2n) is 3.89. The molecule has 0 aliphatic heterocycles. The highest BCUT2D eigenvalue weighted by Gasteiger charge is 2.32. The van der Waals surface area contributed by atoms with Gasteiger partial charge in [-0.3, -0.25) is 4.79 Å². The Morgan fingerprint density at radius 1 is 1.50 bits per heavy atom. The molecule has 0 fully saturated rings. The first kappa shape index (κ1) is 11.3. The molecule has 1 unspecified atom stereocenters. The van der Waals surface area contributed by atoms with E-state index in [1.54, 1.807) is 6.92 Å². The first-order chi connectivity index (χ1) is 7.54. The number of esters is 1. The van der Waals surface area contributed by atoms with Crippen LogP contribution in [-0.4, -0.2) is 18.1 Å². The molecule has 0 saturated carbocycles. The molecule has 0 N–H and O–H groups in total. The van der Waals surface area contributed by atoms with Crippen LogP contribution in [0.3, 0.4) is 0 Å². The van der Waals surface area contributed by atoms with Gasteiger partial charge >= 0.3 is 5.97 Å². The third-order valence-electron chi connectivity index (χ3n) is 2.95. The van der Waals surface area contributed by atoms with Crippen molar-refractivity contribution in [3.8, 4) is 0 Å². The first-order valence-electron chi connectivity index (χ1n) is 4.95. The van der Waals surface area contributed by atoms with Crippen LogP contribution >= 0.6 is 11.6 Å². The predicted molar refractivity (Wildman–Crippen MR) is 56.9 cm³/mol. The molecular weight excluding hydrogens is 233 g/mol. The summed E-state index contributed by atoms with van der Waals surface area (Å²) in [7, 11) is 1.33. The van der Waals surface area contributed by atoms with E-state index < -0.39 is 5.82 Å². The molecule has 0 radical (unpaired) electrons. The molecule has 3 nitrogen and oxygen atoms in total. The minimum Gasteiger partial charge on any atom is -0.469 e. The zero-order valence-electron chi connectivity index (χ0n) is 9.01. The van der Waals surface area contributed by atoms with Gasteiger partial charge in [0.15, 0.2) is 11.0 Å². The number of carbonyl (C=O) groups excluding carboxylic acids is 1. The molecular formula is C11H11ClFNO2. The van der Waals surface area contributed by atoms with Gasteiger partial charge < -0.3 is 4.74 Å². The molecule has 0 bridgehead atoms. The fourth-order valence-corrected chi connectivity index (χ4v) is 2.36. The largest absolute Gasteiger partial charge is 0.469 e. The summed E-state index contributed by atoms with van der Waals surface area (Å²) < 4.78 is 18.3. The molecule has 0 saturated heterocycles. The number of hydrogen-bond donors (Lipinski definition) is 0. The molecule has 1 aromatic rings. The number of fused-ring (bicyclic) bond motifs is 1. The molecule has 1 atom stereocenters. The van der Waals surface area contributed by atoms with Gasteiger partial charge in [-0.1, -0.05) is 11.6 Å². The Morgan fingerprint density at radius 3 is 2.75 bits per heavy atom. The van der Waals surface area contributed by atoms with Crippen molar-refractivity contribution in [2.24, 2.45) is 5.92 Å². The Bertz CT molecular complexity index is 462. The number of rotatable bonds is 1. The molecule has 5 heteroatoms. The summed E-state index contributed by atoms with van der Waals surface area (Å²) in [5.74, 6) is -1.13. The van der Waals surface area contributed by atoms with Crippen molar-refractivity contribution >= 4 is 17.6 Å². The highest BCUT2D eigenvalue weighted by atomic mass is 35.5. The lowest BCUT2D eigenvalue weighted by atomic mass is 10.1. The van der Waals surface area contributed by atoms with E-state index >= 15 is 0 Å². The van der Waals surface area contributed by atoms with Crippen LogP contribution in [0.15, 0.2) is 0 Å². The van der Waals surface area contributed by atoms with Gasteiger partial charge in [0.2, 0.25) is 0 Å². The molecule has 0 amide bonds. The van der Waals surface area contributed by atoms with Gasteiger partial charge in [-0.15, -0.1) is 0 Å². The van der Waals surface area contributed by atoms with E-state index in [0.717, 1.165) is 5.56 Å². The Kier molecular flexibility index (Phi) is 2.84. The number of pyridine rings is 1. The monoisotopic (exact) mass is 243 g/mol. The van der Waals surface area contributed by atoms with Crippen LogP contribution < -0.4 is 0 Å². The van der Waals surface area contributed by atoms with Crippen LogP contribution in [0.1, 0.15) is 16.8 Å². The van der Waals surface area contributed by atoms with Crippen molar-refractivity contribution in [1.29, 1.82) is 0 Å².